The van der Waals surface area contributed by atoms with Gasteiger partial charge in [-0.3, -0.25) is 4.79 Å². The number of fused-ring (bicyclic) bond motifs is 1. The van der Waals surface area contributed by atoms with E-state index < -0.39 is 5.41 Å². The number of hydrogen-bond acceptors (Lipinski definition) is 3. The van der Waals surface area contributed by atoms with E-state index >= 15 is 0 Å². The third-order valence-corrected chi connectivity index (χ3v) is 4.11. The quantitative estimate of drug-likeness (QED) is 0.532. The van der Waals surface area contributed by atoms with E-state index in [0.717, 1.165) is 12.0 Å². The summed E-state index contributed by atoms with van der Waals surface area (Å²) in [6.07, 6.45) is 2.87. The minimum atomic E-state index is -0.517. The first-order valence-corrected chi connectivity index (χ1v) is 4.92. The number of allylic oxidation sites excluding steroid dienone is 1. The molecule has 0 bridgehead atoms. The fourth-order valence-electron chi connectivity index (χ4n) is 3.29. The molecule has 0 aromatic heterocycles. The molecule has 2 unspecified atom stereocenters. The number of ether oxygens (including phenoxy) is 1. The molecule has 0 aliphatic heterocycles. The Morgan fingerprint density at radius 1 is 1.71 bits per heavy atom. The van der Waals surface area contributed by atoms with Gasteiger partial charge in [0, 0.05) is 0 Å². The van der Waals surface area contributed by atoms with Crippen molar-refractivity contribution in [1.82, 2.24) is 0 Å². The van der Waals surface area contributed by atoms with E-state index in [9.17, 15) is 9.90 Å². The maximum atomic E-state index is 11.8. The van der Waals surface area contributed by atoms with Gasteiger partial charge in [0.2, 0.25) is 0 Å². The van der Waals surface area contributed by atoms with Crippen molar-refractivity contribution < 1.29 is 14.6 Å². The van der Waals surface area contributed by atoms with Crippen LogP contribution in [0.25, 0.3) is 0 Å². The number of aliphatic hydroxyl groups excluding tert-OH is 1. The van der Waals surface area contributed by atoms with E-state index in [0.29, 0.717) is 5.92 Å². The Labute approximate surface area is 83.8 Å². The summed E-state index contributed by atoms with van der Waals surface area (Å²) in [7, 11) is 1.41. The molecule has 0 radical (unpaired) electrons. The lowest BCUT2D eigenvalue weighted by molar-refractivity contribution is -0.147. The smallest absolute Gasteiger partial charge is 0.316 e. The normalized spacial score (nSPS) is 37.4. The summed E-state index contributed by atoms with van der Waals surface area (Å²) in [5, 5.41) is 9.23. The Balaban J connectivity index is 2.40. The number of carbonyl (C=O) groups excluding carboxylic acids is 1. The highest BCUT2D eigenvalue weighted by Crippen LogP contribution is 2.77. The minimum absolute atomic E-state index is 0.0327. The predicted molar refractivity (Wildman–Crippen MR) is 51.5 cm³/mol. The van der Waals surface area contributed by atoms with Crippen LogP contribution in [0.15, 0.2) is 11.6 Å². The second-order valence-corrected chi connectivity index (χ2v) is 4.70. The van der Waals surface area contributed by atoms with Crippen molar-refractivity contribution >= 4 is 5.97 Å². The summed E-state index contributed by atoms with van der Waals surface area (Å²) >= 11 is 0. The van der Waals surface area contributed by atoms with Gasteiger partial charge in [-0.2, -0.15) is 0 Å². The molecule has 0 amide bonds. The molecule has 0 aromatic carbocycles. The average Bonchev–Trinajstić information content (AvgIpc) is 2.53. The van der Waals surface area contributed by atoms with Crippen LogP contribution in [0.2, 0.25) is 0 Å². The molecule has 0 spiro atoms. The zero-order valence-electron chi connectivity index (χ0n) is 8.83. The third kappa shape index (κ3) is 0.753. The molecular formula is C11H16O3. The zero-order chi connectivity index (χ0) is 10.6. The number of esters is 1. The van der Waals surface area contributed by atoms with E-state index in [-0.39, 0.29) is 18.0 Å². The van der Waals surface area contributed by atoms with Crippen LogP contribution in [0.5, 0.6) is 0 Å². The topological polar surface area (TPSA) is 46.5 Å². The second-order valence-electron chi connectivity index (χ2n) is 4.70. The van der Waals surface area contributed by atoms with Crippen LogP contribution in [0, 0.1) is 16.7 Å². The van der Waals surface area contributed by atoms with Crippen LogP contribution < -0.4 is 0 Å². The molecule has 1 saturated carbocycles. The highest BCUT2D eigenvalue weighted by atomic mass is 16.5. The van der Waals surface area contributed by atoms with Crippen molar-refractivity contribution in [3.63, 3.8) is 0 Å². The highest BCUT2D eigenvalue weighted by molar-refractivity contribution is 5.88. The number of methoxy groups -OCH3 is 1. The second kappa shape index (κ2) is 2.60. The van der Waals surface area contributed by atoms with Crippen molar-refractivity contribution in [1.29, 1.82) is 0 Å². The van der Waals surface area contributed by atoms with Crippen LogP contribution in [0.3, 0.4) is 0 Å². The van der Waals surface area contributed by atoms with Crippen molar-refractivity contribution in [2.24, 2.45) is 16.7 Å². The predicted octanol–water partition coefficient (Wildman–Crippen LogP) is 1.12. The third-order valence-electron chi connectivity index (χ3n) is 4.11. The number of carbonyl (C=O) groups is 1. The molecule has 0 heterocycles. The summed E-state index contributed by atoms with van der Waals surface area (Å²) in [6.45, 7) is 4.10. The van der Waals surface area contributed by atoms with E-state index in [1.165, 1.54) is 7.11 Å². The van der Waals surface area contributed by atoms with Crippen LogP contribution in [0.1, 0.15) is 20.3 Å². The Morgan fingerprint density at radius 3 is 2.79 bits per heavy atom. The molecule has 1 fully saturated rings. The Hall–Kier alpha value is -0.830. The molecule has 0 saturated heterocycles. The van der Waals surface area contributed by atoms with Gasteiger partial charge in [-0.15, -0.1) is 0 Å². The minimum Gasteiger partial charge on any atom is -0.468 e. The molecule has 2 atom stereocenters. The van der Waals surface area contributed by atoms with E-state index in [2.05, 4.69) is 13.8 Å². The summed E-state index contributed by atoms with van der Waals surface area (Å²) in [6, 6.07) is 0. The molecule has 1 N–H and O–H groups in total. The fourth-order valence-corrected chi connectivity index (χ4v) is 3.29. The molecule has 3 nitrogen and oxygen atoms in total. The van der Waals surface area contributed by atoms with E-state index in [4.69, 9.17) is 4.74 Å². The van der Waals surface area contributed by atoms with Gasteiger partial charge >= 0.3 is 5.97 Å². The Bertz CT molecular complexity index is 316. The maximum absolute atomic E-state index is 11.8. The first-order valence-electron chi connectivity index (χ1n) is 4.92. The maximum Gasteiger partial charge on any atom is 0.316 e. The standard InChI is InChI=1S/C11H16O3/c1-10(2)8-5-4-7(6-12)11(8,10)9(13)14-3/h4,8,12H,5-6H2,1-3H3. The molecule has 2 aliphatic rings. The SMILES string of the molecule is COC(=O)C12C(CO)=CCC1C2(C)C. The van der Waals surface area contributed by atoms with Crippen molar-refractivity contribution in [2.75, 3.05) is 13.7 Å². The lowest BCUT2D eigenvalue weighted by Crippen LogP contribution is -2.26. The molecule has 2 rings (SSSR count). The number of aliphatic hydroxyl groups is 1. The van der Waals surface area contributed by atoms with Gasteiger partial charge in [0.25, 0.3) is 0 Å². The van der Waals surface area contributed by atoms with E-state index in [1.807, 2.05) is 6.08 Å². The molecule has 0 aromatic rings. The fraction of sp³-hybridized carbons (Fsp3) is 0.727. The van der Waals surface area contributed by atoms with Crippen LogP contribution >= 0.6 is 0 Å². The van der Waals surface area contributed by atoms with Gasteiger partial charge in [0.15, 0.2) is 0 Å². The van der Waals surface area contributed by atoms with Crippen LogP contribution in [0.4, 0.5) is 0 Å². The molecule has 3 heteroatoms. The molecule has 2 aliphatic carbocycles. The largest absolute Gasteiger partial charge is 0.468 e. The Kier molecular flexibility index (Phi) is 1.80. The van der Waals surface area contributed by atoms with Gasteiger partial charge in [-0.05, 0) is 23.3 Å². The summed E-state index contributed by atoms with van der Waals surface area (Å²) in [5.41, 5.74) is 0.281. The first kappa shape index (κ1) is 9.71. The highest BCUT2D eigenvalue weighted by Gasteiger charge is 2.78. The van der Waals surface area contributed by atoms with Gasteiger partial charge in [-0.25, -0.2) is 0 Å². The number of hydrogen-bond donors (Lipinski definition) is 1. The first-order chi connectivity index (χ1) is 6.53. The lowest BCUT2D eigenvalue weighted by atomic mass is 9.88. The van der Waals surface area contributed by atoms with Gasteiger partial charge in [0.1, 0.15) is 5.41 Å². The van der Waals surface area contributed by atoms with E-state index in [1.54, 1.807) is 0 Å². The lowest BCUT2D eigenvalue weighted by Gasteiger charge is -2.19. The van der Waals surface area contributed by atoms with Crippen molar-refractivity contribution in [3.05, 3.63) is 11.6 Å². The summed E-state index contributed by atoms with van der Waals surface area (Å²) in [4.78, 5) is 11.8. The molecule has 14 heavy (non-hydrogen) atoms. The average molecular weight is 196 g/mol. The number of rotatable bonds is 2. The zero-order valence-corrected chi connectivity index (χ0v) is 8.83. The summed E-state index contributed by atoms with van der Waals surface area (Å²) in [5.74, 6) is 0.134. The van der Waals surface area contributed by atoms with Gasteiger partial charge < -0.3 is 9.84 Å². The van der Waals surface area contributed by atoms with Crippen LogP contribution in [-0.2, 0) is 9.53 Å². The van der Waals surface area contributed by atoms with Crippen LogP contribution in [-0.4, -0.2) is 24.8 Å². The van der Waals surface area contributed by atoms with Gasteiger partial charge in [-0.1, -0.05) is 19.9 Å². The van der Waals surface area contributed by atoms with Gasteiger partial charge in [0.05, 0.1) is 13.7 Å². The summed E-state index contributed by atoms with van der Waals surface area (Å²) < 4.78 is 4.86. The Morgan fingerprint density at radius 2 is 2.36 bits per heavy atom. The van der Waals surface area contributed by atoms with Crippen molar-refractivity contribution in [2.45, 2.75) is 20.3 Å². The molecule has 78 valence electrons. The monoisotopic (exact) mass is 196 g/mol. The van der Waals surface area contributed by atoms with Crippen molar-refractivity contribution in [3.8, 4) is 0 Å². The molecular weight excluding hydrogens is 180 g/mol.